The van der Waals surface area contributed by atoms with Gasteiger partial charge in [-0.15, -0.1) is 11.3 Å². The molecular formula is C10H13ClN2O3S. The number of halogens is 1. The molecule has 0 spiro atoms. The maximum Gasteiger partial charge on any atom is 0.322 e. The molecule has 0 aromatic carbocycles. The Bertz CT molecular complexity index is 408. The summed E-state index contributed by atoms with van der Waals surface area (Å²) < 4.78 is 0.712. The molecule has 1 heterocycles. The van der Waals surface area contributed by atoms with Crippen molar-refractivity contribution in [1.82, 2.24) is 10.2 Å². The minimum Gasteiger partial charge on any atom is -0.480 e. The lowest BCUT2D eigenvalue weighted by molar-refractivity contribution is -0.138. The monoisotopic (exact) mass is 276 g/mol. The van der Waals surface area contributed by atoms with E-state index in [-0.39, 0.29) is 19.0 Å². The molecule has 94 valence electrons. The fraction of sp³-hybridized carbons (Fsp3) is 0.400. The van der Waals surface area contributed by atoms with Crippen LogP contribution in [0.25, 0.3) is 0 Å². The van der Waals surface area contributed by atoms with Crippen molar-refractivity contribution >= 4 is 34.8 Å². The maximum atomic E-state index is 11.3. The van der Waals surface area contributed by atoms with E-state index in [0.717, 1.165) is 4.88 Å². The van der Waals surface area contributed by atoms with Gasteiger partial charge in [0.15, 0.2) is 0 Å². The Morgan fingerprint density at radius 3 is 2.76 bits per heavy atom. The summed E-state index contributed by atoms with van der Waals surface area (Å²) in [5.74, 6) is -1.36. The third kappa shape index (κ3) is 5.67. The van der Waals surface area contributed by atoms with Gasteiger partial charge < -0.3 is 10.4 Å². The van der Waals surface area contributed by atoms with E-state index < -0.39 is 5.97 Å². The lowest BCUT2D eigenvalue weighted by atomic mass is 10.4. The molecular weight excluding hydrogens is 264 g/mol. The number of rotatable bonds is 6. The number of hydrogen-bond donors (Lipinski definition) is 2. The third-order valence-electron chi connectivity index (χ3n) is 1.90. The van der Waals surface area contributed by atoms with Gasteiger partial charge in [-0.3, -0.25) is 14.5 Å². The first-order chi connectivity index (χ1) is 7.97. The summed E-state index contributed by atoms with van der Waals surface area (Å²) in [6.07, 6.45) is 0. The van der Waals surface area contributed by atoms with Crippen molar-refractivity contribution in [1.29, 1.82) is 0 Å². The molecule has 1 amide bonds. The van der Waals surface area contributed by atoms with Gasteiger partial charge in [0.1, 0.15) is 6.54 Å². The number of likely N-dealkylation sites (N-methyl/N-ethyl adjacent to an activating group) is 1. The Labute approximate surface area is 108 Å². The molecule has 5 nitrogen and oxygen atoms in total. The summed E-state index contributed by atoms with van der Waals surface area (Å²) in [4.78, 5) is 24.4. The van der Waals surface area contributed by atoms with Crippen LogP contribution in [0.5, 0.6) is 0 Å². The average molecular weight is 277 g/mol. The zero-order chi connectivity index (χ0) is 12.8. The molecule has 2 N–H and O–H groups in total. The number of amides is 1. The minimum absolute atomic E-state index is 0.156. The molecule has 1 aromatic heterocycles. The minimum atomic E-state index is -1.05. The van der Waals surface area contributed by atoms with Crippen LogP contribution in [0, 0.1) is 0 Å². The van der Waals surface area contributed by atoms with Crippen LogP contribution >= 0.6 is 22.9 Å². The van der Waals surface area contributed by atoms with Crippen molar-refractivity contribution in [2.45, 2.75) is 6.54 Å². The first-order valence-electron chi connectivity index (χ1n) is 4.88. The van der Waals surface area contributed by atoms with Crippen molar-refractivity contribution < 1.29 is 14.7 Å². The van der Waals surface area contributed by atoms with E-state index in [1.54, 1.807) is 18.0 Å². The van der Waals surface area contributed by atoms with Crippen LogP contribution in [0.1, 0.15) is 4.88 Å². The second kappa shape index (κ2) is 6.58. The van der Waals surface area contributed by atoms with E-state index in [0.29, 0.717) is 10.9 Å². The number of aliphatic carboxylic acids is 1. The molecule has 0 atom stereocenters. The molecule has 0 unspecified atom stereocenters. The molecule has 0 aliphatic heterocycles. The maximum absolute atomic E-state index is 11.3. The van der Waals surface area contributed by atoms with Gasteiger partial charge in [-0.2, -0.15) is 0 Å². The Balaban J connectivity index is 2.31. The summed E-state index contributed by atoms with van der Waals surface area (Å²) in [5, 5.41) is 10.7. The SMILES string of the molecule is CN(CC(=O)NCC(=O)O)Cc1ccc(Cl)s1. The highest BCUT2D eigenvalue weighted by molar-refractivity contribution is 7.16. The van der Waals surface area contributed by atoms with E-state index >= 15 is 0 Å². The summed E-state index contributed by atoms with van der Waals surface area (Å²) in [6, 6.07) is 3.71. The normalized spacial score (nSPS) is 10.5. The summed E-state index contributed by atoms with van der Waals surface area (Å²) >= 11 is 7.25. The van der Waals surface area contributed by atoms with Crippen LogP contribution < -0.4 is 5.32 Å². The van der Waals surface area contributed by atoms with Crippen LogP contribution in [0.2, 0.25) is 4.34 Å². The van der Waals surface area contributed by atoms with Gasteiger partial charge in [0, 0.05) is 11.4 Å². The van der Waals surface area contributed by atoms with Gasteiger partial charge >= 0.3 is 5.97 Å². The van der Waals surface area contributed by atoms with Crippen molar-refractivity contribution in [3.8, 4) is 0 Å². The number of nitrogens with one attached hydrogen (secondary N) is 1. The van der Waals surface area contributed by atoms with E-state index in [9.17, 15) is 9.59 Å². The highest BCUT2D eigenvalue weighted by atomic mass is 35.5. The van der Waals surface area contributed by atoms with Gasteiger partial charge in [0.25, 0.3) is 0 Å². The fourth-order valence-corrected chi connectivity index (χ4v) is 2.40. The topological polar surface area (TPSA) is 69.6 Å². The summed E-state index contributed by atoms with van der Waals surface area (Å²) in [6.45, 7) is 0.415. The van der Waals surface area contributed by atoms with Gasteiger partial charge in [-0.25, -0.2) is 0 Å². The largest absolute Gasteiger partial charge is 0.480 e. The van der Waals surface area contributed by atoms with Crippen LogP contribution in [0.15, 0.2) is 12.1 Å². The number of hydrogen-bond acceptors (Lipinski definition) is 4. The van der Waals surface area contributed by atoms with Gasteiger partial charge in [0.05, 0.1) is 10.9 Å². The van der Waals surface area contributed by atoms with Crippen LogP contribution in [0.4, 0.5) is 0 Å². The number of nitrogens with zero attached hydrogens (tertiary/aromatic N) is 1. The molecule has 0 bridgehead atoms. The number of carboxylic acids is 1. The molecule has 1 aromatic rings. The van der Waals surface area contributed by atoms with Crippen molar-refractivity contribution in [2.75, 3.05) is 20.1 Å². The van der Waals surface area contributed by atoms with E-state index in [1.165, 1.54) is 11.3 Å². The Hall–Kier alpha value is -1.11. The quantitative estimate of drug-likeness (QED) is 0.814. The number of thiophene rings is 1. The van der Waals surface area contributed by atoms with E-state index in [2.05, 4.69) is 5.32 Å². The van der Waals surface area contributed by atoms with Crippen molar-refractivity contribution in [3.05, 3.63) is 21.3 Å². The first kappa shape index (κ1) is 14.0. The lowest BCUT2D eigenvalue weighted by Crippen LogP contribution is -2.37. The number of carboxylic acid groups (broad SMARTS) is 1. The van der Waals surface area contributed by atoms with E-state index in [4.69, 9.17) is 16.7 Å². The fourth-order valence-electron chi connectivity index (χ4n) is 1.23. The Morgan fingerprint density at radius 2 is 2.24 bits per heavy atom. The molecule has 1 rings (SSSR count). The predicted molar refractivity (Wildman–Crippen MR) is 66.3 cm³/mol. The van der Waals surface area contributed by atoms with Gasteiger partial charge in [-0.05, 0) is 19.2 Å². The van der Waals surface area contributed by atoms with E-state index in [1.807, 2.05) is 6.07 Å². The third-order valence-corrected chi connectivity index (χ3v) is 3.12. The molecule has 0 fully saturated rings. The smallest absolute Gasteiger partial charge is 0.322 e. The molecule has 0 saturated carbocycles. The highest BCUT2D eigenvalue weighted by Crippen LogP contribution is 2.22. The summed E-state index contributed by atoms with van der Waals surface area (Å²) in [5.41, 5.74) is 0. The Morgan fingerprint density at radius 1 is 1.53 bits per heavy atom. The molecule has 0 aliphatic carbocycles. The van der Waals surface area contributed by atoms with Crippen LogP contribution in [-0.2, 0) is 16.1 Å². The standard InChI is InChI=1S/C10H13ClN2O3S/c1-13(5-7-2-3-8(11)17-7)6-9(14)12-4-10(15)16/h2-3H,4-6H2,1H3,(H,12,14)(H,15,16). The lowest BCUT2D eigenvalue weighted by Gasteiger charge is -2.14. The number of carbonyl (C=O) groups excluding carboxylic acids is 1. The predicted octanol–water partition coefficient (Wildman–Crippen LogP) is 1.03. The highest BCUT2D eigenvalue weighted by Gasteiger charge is 2.09. The Kier molecular flexibility index (Phi) is 5.40. The summed E-state index contributed by atoms with van der Waals surface area (Å²) in [7, 11) is 1.79. The van der Waals surface area contributed by atoms with Crippen LogP contribution in [-0.4, -0.2) is 42.0 Å². The number of carbonyl (C=O) groups is 2. The molecule has 0 saturated heterocycles. The van der Waals surface area contributed by atoms with Gasteiger partial charge in [-0.1, -0.05) is 11.6 Å². The molecule has 0 radical (unpaired) electrons. The second-order valence-electron chi connectivity index (χ2n) is 3.55. The molecule has 7 heteroatoms. The van der Waals surface area contributed by atoms with Crippen LogP contribution in [0.3, 0.4) is 0 Å². The van der Waals surface area contributed by atoms with Crippen molar-refractivity contribution in [2.24, 2.45) is 0 Å². The average Bonchev–Trinajstić information content (AvgIpc) is 2.60. The van der Waals surface area contributed by atoms with Crippen molar-refractivity contribution in [3.63, 3.8) is 0 Å². The van der Waals surface area contributed by atoms with Gasteiger partial charge in [0.2, 0.25) is 5.91 Å². The first-order valence-corrected chi connectivity index (χ1v) is 6.08. The zero-order valence-corrected chi connectivity index (χ0v) is 10.8. The zero-order valence-electron chi connectivity index (χ0n) is 9.27. The molecule has 17 heavy (non-hydrogen) atoms. The molecule has 0 aliphatic rings. The second-order valence-corrected chi connectivity index (χ2v) is 5.35.